The predicted molar refractivity (Wildman–Crippen MR) is 51.2 cm³/mol. The second kappa shape index (κ2) is 3.34. The van der Waals surface area contributed by atoms with Gasteiger partial charge in [-0.15, -0.1) is 0 Å². The molecule has 0 rings (SSSR count). The molecule has 0 radical (unpaired) electrons. The number of amides is 1. The Kier molecular flexibility index (Phi) is 3.31. The van der Waals surface area contributed by atoms with Crippen LogP contribution >= 0.6 is 0 Å². The maximum absolute atomic E-state index is 10.6. The smallest absolute Gasteiger partial charge is 0.217 e. The van der Waals surface area contributed by atoms with E-state index in [2.05, 4.69) is 13.8 Å². The van der Waals surface area contributed by atoms with Crippen molar-refractivity contribution in [2.24, 2.45) is 11.1 Å². The Balaban J connectivity index is 3.99. The van der Waals surface area contributed by atoms with Crippen molar-refractivity contribution < 1.29 is 4.79 Å². The summed E-state index contributed by atoms with van der Waals surface area (Å²) >= 11 is 0. The number of primary amides is 1. The van der Waals surface area contributed by atoms with Gasteiger partial charge in [0.15, 0.2) is 0 Å². The lowest BCUT2D eigenvalue weighted by atomic mass is 9.91. The maximum atomic E-state index is 10.6. The average Bonchev–Trinajstić information content (AvgIpc) is 1.60. The highest BCUT2D eigenvalue weighted by Crippen LogP contribution is 2.29. The molecular weight excluding hydrogens is 158 g/mol. The Morgan fingerprint density at radius 3 is 2.10 bits per heavy atom. The van der Waals surface area contributed by atoms with Crippen LogP contribution in [0.2, 0.25) is 5.16 Å². The molecule has 1 amide bonds. The molecule has 0 unspecified atom stereocenters. The van der Waals surface area contributed by atoms with E-state index >= 15 is 0 Å². The van der Waals surface area contributed by atoms with Crippen LogP contribution in [0.4, 0.5) is 0 Å². The zero-order valence-electron chi connectivity index (χ0n) is 7.27. The molecule has 0 fully saturated rings. The first-order valence-corrected chi connectivity index (χ1v) is 5.95. The topological polar surface area (TPSA) is 43.1 Å². The van der Waals surface area contributed by atoms with Crippen molar-refractivity contribution >= 4 is 26.4 Å². The molecule has 0 aliphatic heterocycles. The van der Waals surface area contributed by atoms with Crippen molar-refractivity contribution in [3.63, 3.8) is 0 Å². The van der Waals surface area contributed by atoms with Gasteiger partial charge in [-0.1, -0.05) is 19.0 Å². The molecule has 0 heterocycles. The average molecular weight is 175 g/mol. The fourth-order valence-electron chi connectivity index (χ4n) is 0.653. The minimum atomic E-state index is -0.165. The normalized spacial score (nSPS) is 15.4. The first-order valence-electron chi connectivity index (χ1n) is 3.64. The molecule has 0 saturated carbocycles. The van der Waals surface area contributed by atoms with Crippen LogP contribution in [0.25, 0.3) is 0 Å². The molecule has 0 bridgehead atoms. The van der Waals surface area contributed by atoms with Crippen LogP contribution in [0.15, 0.2) is 0 Å². The highest BCUT2D eigenvalue weighted by Gasteiger charge is 2.23. The number of nitrogens with two attached hydrogens (primary N) is 1. The van der Waals surface area contributed by atoms with E-state index in [0.29, 0.717) is 6.42 Å². The molecule has 2 nitrogen and oxygen atoms in total. The van der Waals surface area contributed by atoms with Crippen molar-refractivity contribution in [3.05, 3.63) is 0 Å². The first kappa shape index (κ1) is 9.90. The standard InChI is InChI=1S/C6H17NOSi2/c1-6(2,5(9)10)3-4(7)8/h5H,3H2,1-2,9-10H3,(H2,7,8). The summed E-state index contributed by atoms with van der Waals surface area (Å²) < 4.78 is 0. The van der Waals surface area contributed by atoms with E-state index in [1.807, 2.05) is 0 Å². The largest absolute Gasteiger partial charge is 0.370 e. The molecule has 10 heavy (non-hydrogen) atoms. The van der Waals surface area contributed by atoms with E-state index in [-0.39, 0.29) is 11.3 Å². The zero-order chi connectivity index (χ0) is 8.36. The summed E-state index contributed by atoms with van der Waals surface area (Å²) in [7, 11) is 2.37. The lowest BCUT2D eigenvalue weighted by Crippen LogP contribution is -2.27. The van der Waals surface area contributed by atoms with Gasteiger partial charge in [0.2, 0.25) is 5.91 Å². The first-order chi connectivity index (χ1) is 4.36. The van der Waals surface area contributed by atoms with Crippen LogP contribution in [-0.2, 0) is 4.79 Å². The molecule has 60 valence electrons. The molecule has 0 aromatic heterocycles. The minimum absolute atomic E-state index is 0.165. The van der Waals surface area contributed by atoms with E-state index in [0.717, 1.165) is 5.16 Å². The third kappa shape index (κ3) is 3.17. The quantitative estimate of drug-likeness (QED) is 0.514. The molecule has 0 aromatic carbocycles. The summed E-state index contributed by atoms with van der Waals surface area (Å²) in [6.45, 7) is 4.25. The molecule has 0 aliphatic carbocycles. The van der Waals surface area contributed by atoms with Gasteiger partial charge in [0.1, 0.15) is 0 Å². The minimum Gasteiger partial charge on any atom is -0.370 e. The van der Waals surface area contributed by atoms with Gasteiger partial charge < -0.3 is 5.73 Å². The van der Waals surface area contributed by atoms with E-state index in [9.17, 15) is 4.79 Å². The van der Waals surface area contributed by atoms with Crippen molar-refractivity contribution in [1.29, 1.82) is 0 Å². The lowest BCUT2D eigenvalue weighted by molar-refractivity contribution is -0.119. The van der Waals surface area contributed by atoms with Gasteiger partial charge in [-0.2, -0.15) is 0 Å². The van der Waals surface area contributed by atoms with Gasteiger partial charge >= 0.3 is 0 Å². The molecule has 4 heteroatoms. The van der Waals surface area contributed by atoms with Gasteiger partial charge in [0, 0.05) is 26.9 Å². The second-order valence-corrected chi connectivity index (χ2v) is 9.56. The fourth-order valence-corrected chi connectivity index (χ4v) is 1.06. The number of rotatable bonds is 3. The summed E-state index contributed by atoms with van der Waals surface area (Å²) in [5.74, 6) is -0.165. The van der Waals surface area contributed by atoms with Gasteiger partial charge in [0.25, 0.3) is 0 Å². The summed E-state index contributed by atoms with van der Waals surface area (Å²) in [6.07, 6.45) is 0.546. The van der Waals surface area contributed by atoms with Crippen LogP contribution in [0.3, 0.4) is 0 Å². The van der Waals surface area contributed by atoms with Crippen molar-refractivity contribution in [2.75, 3.05) is 0 Å². The van der Waals surface area contributed by atoms with Crippen molar-refractivity contribution in [1.82, 2.24) is 0 Å². The Bertz CT molecular complexity index is 134. The van der Waals surface area contributed by atoms with Gasteiger partial charge in [0.05, 0.1) is 0 Å². The summed E-state index contributed by atoms with van der Waals surface area (Å²) in [5, 5.41) is 0.778. The number of carbonyl (C=O) groups is 1. The third-order valence-electron chi connectivity index (χ3n) is 2.19. The third-order valence-corrected chi connectivity index (χ3v) is 5.32. The monoisotopic (exact) mass is 175 g/mol. The Morgan fingerprint density at radius 2 is 2.00 bits per heavy atom. The highest BCUT2D eigenvalue weighted by molar-refractivity contribution is 6.36. The predicted octanol–water partition coefficient (Wildman–Crippen LogP) is -1.64. The Labute approximate surface area is 68.4 Å². The van der Waals surface area contributed by atoms with Crippen LogP contribution in [0.5, 0.6) is 0 Å². The van der Waals surface area contributed by atoms with Crippen molar-refractivity contribution in [3.8, 4) is 0 Å². The summed E-state index contributed by atoms with van der Waals surface area (Å²) in [5.41, 5.74) is 5.28. The van der Waals surface area contributed by atoms with E-state index < -0.39 is 0 Å². The van der Waals surface area contributed by atoms with Crippen LogP contribution in [0.1, 0.15) is 20.3 Å². The molecule has 0 aromatic rings. The molecule has 0 spiro atoms. The molecule has 0 aliphatic rings. The van der Waals surface area contributed by atoms with Gasteiger partial charge in [-0.3, -0.25) is 4.79 Å². The fraction of sp³-hybridized carbons (Fsp3) is 0.833. The summed E-state index contributed by atoms with van der Waals surface area (Å²) in [6, 6.07) is 0. The Morgan fingerprint density at radius 1 is 1.60 bits per heavy atom. The van der Waals surface area contributed by atoms with Crippen LogP contribution < -0.4 is 5.73 Å². The number of carbonyl (C=O) groups excluding carboxylic acids is 1. The highest BCUT2D eigenvalue weighted by atomic mass is 28.2. The maximum Gasteiger partial charge on any atom is 0.217 e. The van der Waals surface area contributed by atoms with Gasteiger partial charge in [-0.05, 0) is 5.41 Å². The zero-order valence-corrected chi connectivity index (χ0v) is 11.3. The van der Waals surface area contributed by atoms with Crippen LogP contribution in [0, 0.1) is 5.41 Å². The van der Waals surface area contributed by atoms with Crippen LogP contribution in [-0.4, -0.2) is 26.4 Å². The van der Waals surface area contributed by atoms with E-state index in [4.69, 9.17) is 5.73 Å². The number of hydrogen-bond donors (Lipinski definition) is 1. The molecule has 0 atom stereocenters. The lowest BCUT2D eigenvalue weighted by Gasteiger charge is -2.27. The molecular formula is C6H17NOSi2. The SMILES string of the molecule is CC(C)(CC(N)=O)C([SiH3])[SiH3]. The molecule has 0 saturated heterocycles. The van der Waals surface area contributed by atoms with Gasteiger partial charge in [-0.25, -0.2) is 0 Å². The molecule has 2 N–H and O–H groups in total. The van der Waals surface area contributed by atoms with E-state index in [1.165, 1.54) is 20.5 Å². The van der Waals surface area contributed by atoms with E-state index in [1.54, 1.807) is 0 Å². The second-order valence-electron chi connectivity index (χ2n) is 3.79. The number of hydrogen-bond acceptors (Lipinski definition) is 1. The van der Waals surface area contributed by atoms with Crippen molar-refractivity contribution in [2.45, 2.75) is 25.4 Å². The summed E-state index contributed by atoms with van der Waals surface area (Å²) in [4.78, 5) is 10.6. The Hall–Kier alpha value is -0.0962.